The van der Waals surface area contributed by atoms with E-state index >= 15 is 0 Å². The van der Waals surface area contributed by atoms with E-state index in [9.17, 15) is 19.5 Å². The monoisotopic (exact) mass is 420 g/mol. The van der Waals surface area contributed by atoms with Crippen molar-refractivity contribution in [3.8, 4) is 0 Å². The molecule has 164 valence electrons. The normalized spacial score (nSPS) is 28.4. The van der Waals surface area contributed by atoms with Gasteiger partial charge < -0.3 is 24.4 Å². The van der Waals surface area contributed by atoms with E-state index in [1.807, 2.05) is 6.08 Å². The molecule has 0 aromatic heterocycles. The Hall–Kier alpha value is -2.71. The first kappa shape index (κ1) is 23.6. The van der Waals surface area contributed by atoms with Crippen molar-refractivity contribution >= 4 is 17.9 Å². The standard InChI is InChI=1S/C22H28O8/c1-13(7-8-23)21(26)29-18-9-16(11-24)5-4-6-17(12-28-15(3)25)10-19-20(18)14(2)22(27)30-19/h5,7,10,18-20,23-24H,2,4,6,8-9,11-12H2,1,3H3/b13-7-,16-5-,17-10-/t18-,19-,20-/m1/s1. The number of carbonyl (C=O) groups is 3. The maximum Gasteiger partial charge on any atom is 0.334 e. The molecular formula is C22H28O8. The number of ether oxygens (including phenoxy) is 3. The zero-order chi connectivity index (χ0) is 22.3. The van der Waals surface area contributed by atoms with Gasteiger partial charge in [0.15, 0.2) is 0 Å². The highest BCUT2D eigenvalue weighted by Crippen LogP contribution is 2.36. The Morgan fingerprint density at radius 1 is 1.30 bits per heavy atom. The van der Waals surface area contributed by atoms with Crippen LogP contribution in [0.5, 0.6) is 0 Å². The van der Waals surface area contributed by atoms with Gasteiger partial charge in [-0.1, -0.05) is 12.7 Å². The summed E-state index contributed by atoms with van der Waals surface area (Å²) in [7, 11) is 0. The molecule has 0 amide bonds. The van der Waals surface area contributed by atoms with E-state index in [2.05, 4.69) is 6.58 Å². The SMILES string of the molecule is C=C1C(=O)O[C@@H]2/C=C(\COC(C)=O)CC/C=C(\CO)C[C@@H](OC(=O)/C(C)=C\CO)[C@@H]12. The predicted molar refractivity (Wildman–Crippen MR) is 107 cm³/mol. The average Bonchev–Trinajstić information content (AvgIpc) is 2.97. The molecule has 1 aliphatic carbocycles. The zero-order valence-electron chi connectivity index (χ0n) is 17.3. The van der Waals surface area contributed by atoms with Crippen LogP contribution in [-0.2, 0) is 28.6 Å². The summed E-state index contributed by atoms with van der Waals surface area (Å²) >= 11 is 0. The highest BCUT2D eigenvalue weighted by molar-refractivity contribution is 5.92. The lowest BCUT2D eigenvalue weighted by molar-refractivity contribution is -0.147. The minimum atomic E-state index is -0.814. The van der Waals surface area contributed by atoms with E-state index in [4.69, 9.17) is 19.3 Å². The number of allylic oxidation sites excluding steroid dienone is 1. The summed E-state index contributed by atoms with van der Waals surface area (Å²) < 4.78 is 16.2. The summed E-state index contributed by atoms with van der Waals surface area (Å²) in [5.74, 6) is -2.32. The molecule has 0 saturated carbocycles. The van der Waals surface area contributed by atoms with E-state index in [-0.39, 0.29) is 37.4 Å². The molecule has 0 aromatic rings. The van der Waals surface area contributed by atoms with Crippen molar-refractivity contribution in [1.82, 2.24) is 0 Å². The van der Waals surface area contributed by atoms with Gasteiger partial charge in [-0.2, -0.15) is 0 Å². The summed E-state index contributed by atoms with van der Waals surface area (Å²) in [5.41, 5.74) is 1.79. The van der Waals surface area contributed by atoms with Gasteiger partial charge in [-0.25, -0.2) is 9.59 Å². The van der Waals surface area contributed by atoms with Gasteiger partial charge in [0, 0.05) is 24.5 Å². The lowest BCUT2D eigenvalue weighted by atomic mass is 9.85. The second-order valence-corrected chi connectivity index (χ2v) is 7.30. The third-order valence-electron chi connectivity index (χ3n) is 5.07. The van der Waals surface area contributed by atoms with E-state index in [0.29, 0.717) is 18.4 Å². The van der Waals surface area contributed by atoms with Crippen molar-refractivity contribution in [3.63, 3.8) is 0 Å². The molecule has 3 atom stereocenters. The fourth-order valence-electron chi connectivity index (χ4n) is 3.44. The first-order valence-electron chi connectivity index (χ1n) is 9.76. The number of aliphatic hydroxyl groups excluding tert-OH is 2. The van der Waals surface area contributed by atoms with E-state index < -0.39 is 36.0 Å². The average molecular weight is 420 g/mol. The number of hydrogen-bond donors (Lipinski definition) is 2. The maximum absolute atomic E-state index is 12.5. The van der Waals surface area contributed by atoms with Gasteiger partial charge in [0.2, 0.25) is 0 Å². The van der Waals surface area contributed by atoms with Gasteiger partial charge in [-0.15, -0.1) is 0 Å². The second-order valence-electron chi connectivity index (χ2n) is 7.30. The zero-order valence-corrected chi connectivity index (χ0v) is 17.3. The molecule has 0 bridgehead atoms. The number of hydrogen-bond acceptors (Lipinski definition) is 8. The molecule has 0 radical (unpaired) electrons. The molecular weight excluding hydrogens is 392 g/mol. The van der Waals surface area contributed by atoms with Gasteiger partial charge in [-0.05, 0) is 43.1 Å². The molecule has 0 spiro atoms. The predicted octanol–water partition coefficient (Wildman–Crippen LogP) is 1.53. The minimum Gasteiger partial charge on any atom is -0.461 e. The quantitative estimate of drug-likeness (QED) is 0.287. The van der Waals surface area contributed by atoms with Crippen molar-refractivity contribution in [2.75, 3.05) is 19.8 Å². The van der Waals surface area contributed by atoms with Crippen LogP contribution in [0, 0.1) is 5.92 Å². The van der Waals surface area contributed by atoms with Gasteiger partial charge in [-0.3, -0.25) is 4.79 Å². The van der Waals surface area contributed by atoms with Crippen LogP contribution in [0.2, 0.25) is 0 Å². The van der Waals surface area contributed by atoms with Gasteiger partial charge >= 0.3 is 17.9 Å². The summed E-state index contributed by atoms with van der Waals surface area (Å²) in [6, 6.07) is 0. The van der Waals surface area contributed by atoms with Crippen LogP contribution in [0.4, 0.5) is 0 Å². The number of aliphatic hydroxyl groups is 2. The van der Waals surface area contributed by atoms with Gasteiger partial charge in [0.05, 0.1) is 19.1 Å². The number of esters is 3. The topological polar surface area (TPSA) is 119 Å². The molecule has 1 saturated heterocycles. The molecule has 0 aromatic carbocycles. The summed E-state index contributed by atoms with van der Waals surface area (Å²) in [5, 5.41) is 18.8. The van der Waals surface area contributed by atoms with Crippen LogP contribution in [0.15, 0.2) is 47.1 Å². The lowest BCUT2D eigenvalue weighted by Gasteiger charge is -2.28. The Balaban J connectivity index is 2.41. The molecule has 1 fully saturated rings. The van der Waals surface area contributed by atoms with Gasteiger partial charge in [0.1, 0.15) is 18.8 Å². The molecule has 1 heterocycles. The van der Waals surface area contributed by atoms with E-state index in [1.165, 1.54) is 19.9 Å². The van der Waals surface area contributed by atoms with Crippen molar-refractivity contribution in [1.29, 1.82) is 0 Å². The Bertz CT molecular complexity index is 789. The number of fused-ring (bicyclic) bond motifs is 1. The number of rotatable bonds is 6. The Labute approximate surface area is 175 Å². The van der Waals surface area contributed by atoms with Crippen LogP contribution in [-0.4, -0.2) is 60.1 Å². The van der Waals surface area contributed by atoms with Crippen LogP contribution >= 0.6 is 0 Å². The third kappa shape index (κ3) is 6.14. The molecule has 2 N–H and O–H groups in total. The fourth-order valence-corrected chi connectivity index (χ4v) is 3.44. The molecule has 1 aliphatic heterocycles. The molecule has 30 heavy (non-hydrogen) atoms. The van der Waals surface area contributed by atoms with E-state index in [0.717, 1.165) is 5.57 Å². The van der Waals surface area contributed by atoms with Crippen LogP contribution in [0.3, 0.4) is 0 Å². The minimum absolute atomic E-state index is 0.0493. The molecule has 8 nitrogen and oxygen atoms in total. The van der Waals surface area contributed by atoms with E-state index in [1.54, 1.807) is 6.08 Å². The third-order valence-corrected chi connectivity index (χ3v) is 5.07. The first-order chi connectivity index (χ1) is 14.3. The number of carbonyl (C=O) groups excluding carboxylic acids is 3. The molecule has 2 aliphatic rings. The van der Waals surface area contributed by atoms with Gasteiger partial charge in [0.25, 0.3) is 0 Å². The van der Waals surface area contributed by atoms with Crippen molar-refractivity contribution in [2.45, 2.75) is 45.3 Å². The first-order valence-corrected chi connectivity index (χ1v) is 9.76. The Kier molecular flexibility index (Phi) is 8.56. The Morgan fingerprint density at radius 3 is 2.67 bits per heavy atom. The fraction of sp³-hybridized carbons (Fsp3) is 0.500. The summed E-state index contributed by atoms with van der Waals surface area (Å²) in [4.78, 5) is 35.9. The maximum atomic E-state index is 12.5. The largest absolute Gasteiger partial charge is 0.461 e. The highest BCUT2D eigenvalue weighted by Gasteiger charge is 2.44. The molecule has 2 rings (SSSR count). The lowest BCUT2D eigenvalue weighted by Crippen LogP contribution is -2.34. The van der Waals surface area contributed by atoms with Crippen LogP contribution < -0.4 is 0 Å². The molecule has 8 heteroatoms. The highest BCUT2D eigenvalue weighted by atomic mass is 16.6. The molecule has 0 unspecified atom stereocenters. The van der Waals surface area contributed by atoms with Crippen molar-refractivity contribution in [2.24, 2.45) is 5.92 Å². The van der Waals surface area contributed by atoms with Crippen molar-refractivity contribution < 1.29 is 38.8 Å². The van der Waals surface area contributed by atoms with Crippen LogP contribution in [0.25, 0.3) is 0 Å². The smallest absolute Gasteiger partial charge is 0.334 e. The van der Waals surface area contributed by atoms with Crippen LogP contribution in [0.1, 0.15) is 33.1 Å². The van der Waals surface area contributed by atoms with Crippen molar-refractivity contribution in [3.05, 3.63) is 47.1 Å². The Morgan fingerprint density at radius 2 is 2.03 bits per heavy atom. The second kappa shape index (κ2) is 10.9. The summed E-state index contributed by atoms with van der Waals surface area (Å²) in [6.45, 7) is 6.15. The summed E-state index contributed by atoms with van der Waals surface area (Å²) in [6.07, 6.45) is 4.66.